The maximum absolute atomic E-state index is 12.0. The Bertz CT molecular complexity index is 401. The van der Waals surface area contributed by atoms with E-state index in [4.69, 9.17) is 10.8 Å². The number of aromatic hydroxyl groups is 1. The van der Waals surface area contributed by atoms with Gasteiger partial charge in [-0.25, -0.2) is 0 Å². The molecule has 0 aliphatic rings. The molecule has 0 unspecified atom stereocenters. The van der Waals surface area contributed by atoms with Crippen LogP contribution in [0.4, 0.5) is 0 Å². The molecule has 5 heteroatoms. The van der Waals surface area contributed by atoms with Gasteiger partial charge < -0.3 is 16.2 Å². The summed E-state index contributed by atoms with van der Waals surface area (Å²) in [6, 6.07) is 5.56. The molecule has 0 spiro atoms. The Kier molecular flexibility index (Phi) is 4.66. The molecule has 0 saturated heterocycles. The molecular weight excluding hydrogens is 220 g/mol. The number of benzene rings is 1. The van der Waals surface area contributed by atoms with E-state index in [1.165, 1.54) is 12.1 Å². The molecule has 0 fully saturated rings. The first-order valence-corrected chi connectivity index (χ1v) is 5.33. The number of carbonyl (C=O) groups is 2. The Morgan fingerprint density at radius 2 is 1.94 bits per heavy atom. The number of phenols is 1. The van der Waals surface area contributed by atoms with E-state index in [2.05, 4.69) is 5.32 Å². The second kappa shape index (κ2) is 6.00. The average Bonchev–Trinajstić information content (AvgIpc) is 2.30. The zero-order valence-corrected chi connectivity index (χ0v) is 9.64. The van der Waals surface area contributed by atoms with Crippen LogP contribution in [-0.4, -0.2) is 29.9 Å². The third-order valence-corrected chi connectivity index (χ3v) is 2.50. The predicted octanol–water partition coefficient (Wildman–Crippen LogP) is 0.428. The van der Waals surface area contributed by atoms with Crippen molar-refractivity contribution >= 4 is 11.7 Å². The van der Waals surface area contributed by atoms with Gasteiger partial charge in [-0.15, -0.1) is 0 Å². The molecule has 1 amide bonds. The molecule has 0 aliphatic heterocycles. The SMILES string of the molecule is CN[C@@H](CCC(N)=O)C(=O)c1ccc(O)cc1. The van der Waals surface area contributed by atoms with Crippen LogP contribution in [0.1, 0.15) is 23.2 Å². The second-order valence-electron chi connectivity index (χ2n) is 3.76. The quantitative estimate of drug-likeness (QED) is 0.624. The number of ketones is 1. The molecule has 1 aromatic carbocycles. The highest BCUT2D eigenvalue weighted by Gasteiger charge is 2.18. The number of hydrogen-bond donors (Lipinski definition) is 3. The lowest BCUT2D eigenvalue weighted by Gasteiger charge is -2.14. The van der Waals surface area contributed by atoms with E-state index < -0.39 is 11.9 Å². The van der Waals surface area contributed by atoms with E-state index in [1.807, 2.05) is 0 Å². The Hall–Kier alpha value is -1.88. The van der Waals surface area contributed by atoms with Crippen molar-refractivity contribution in [3.63, 3.8) is 0 Å². The van der Waals surface area contributed by atoms with Gasteiger partial charge in [-0.1, -0.05) is 0 Å². The monoisotopic (exact) mass is 236 g/mol. The van der Waals surface area contributed by atoms with Crippen LogP contribution in [0.5, 0.6) is 5.75 Å². The fraction of sp³-hybridized carbons (Fsp3) is 0.333. The largest absolute Gasteiger partial charge is 0.508 e. The lowest BCUT2D eigenvalue weighted by molar-refractivity contribution is -0.118. The predicted molar refractivity (Wildman–Crippen MR) is 63.7 cm³/mol. The fourth-order valence-electron chi connectivity index (χ4n) is 1.52. The summed E-state index contributed by atoms with van der Waals surface area (Å²) in [7, 11) is 1.66. The molecule has 0 aromatic heterocycles. The lowest BCUT2D eigenvalue weighted by atomic mass is 10.00. The standard InChI is InChI=1S/C12H16N2O3/c1-14-10(6-7-11(13)16)12(17)8-2-4-9(15)5-3-8/h2-5,10,14-15H,6-7H2,1H3,(H2,13,16)/t10-/m0/s1. The average molecular weight is 236 g/mol. The highest BCUT2D eigenvalue weighted by molar-refractivity contribution is 6.00. The summed E-state index contributed by atoms with van der Waals surface area (Å²) in [4.78, 5) is 22.7. The van der Waals surface area contributed by atoms with Crippen molar-refractivity contribution in [1.82, 2.24) is 5.32 Å². The highest BCUT2D eigenvalue weighted by atomic mass is 16.3. The van der Waals surface area contributed by atoms with Gasteiger partial charge in [0.1, 0.15) is 5.75 Å². The van der Waals surface area contributed by atoms with Crippen molar-refractivity contribution in [2.45, 2.75) is 18.9 Å². The van der Waals surface area contributed by atoms with Gasteiger partial charge in [0, 0.05) is 12.0 Å². The number of hydrogen-bond acceptors (Lipinski definition) is 4. The summed E-state index contributed by atoms with van der Waals surface area (Å²) in [6.45, 7) is 0. The number of amides is 1. The summed E-state index contributed by atoms with van der Waals surface area (Å²) in [5.74, 6) is -0.433. The summed E-state index contributed by atoms with van der Waals surface area (Å²) in [5, 5.41) is 12.0. The van der Waals surface area contributed by atoms with Crippen LogP contribution in [0.15, 0.2) is 24.3 Å². The number of carbonyl (C=O) groups excluding carboxylic acids is 2. The van der Waals surface area contributed by atoms with Gasteiger partial charge in [0.15, 0.2) is 5.78 Å². The van der Waals surface area contributed by atoms with Crippen LogP contribution in [-0.2, 0) is 4.79 Å². The summed E-state index contributed by atoms with van der Waals surface area (Å²) >= 11 is 0. The minimum Gasteiger partial charge on any atom is -0.508 e. The topological polar surface area (TPSA) is 92.4 Å². The van der Waals surface area contributed by atoms with Gasteiger partial charge >= 0.3 is 0 Å². The van der Waals surface area contributed by atoms with E-state index in [-0.39, 0.29) is 18.0 Å². The first kappa shape index (κ1) is 13.2. The Labute approximate surface area is 99.6 Å². The molecule has 4 N–H and O–H groups in total. The van der Waals surface area contributed by atoms with Gasteiger partial charge in [-0.05, 0) is 37.7 Å². The zero-order valence-electron chi connectivity index (χ0n) is 9.64. The summed E-state index contributed by atoms with van der Waals surface area (Å²) in [5.41, 5.74) is 5.54. The number of likely N-dealkylation sites (N-methyl/N-ethyl adjacent to an activating group) is 1. The van der Waals surface area contributed by atoms with E-state index in [0.29, 0.717) is 12.0 Å². The van der Waals surface area contributed by atoms with E-state index in [0.717, 1.165) is 0 Å². The van der Waals surface area contributed by atoms with Crippen molar-refractivity contribution < 1.29 is 14.7 Å². The van der Waals surface area contributed by atoms with Crippen LogP contribution >= 0.6 is 0 Å². The number of Topliss-reactive ketones (excluding diaryl/α,β-unsaturated/α-hetero) is 1. The first-order valence-electron chi connectivity index (χ1n) is 5.33. The Balaban J connectivity index is 2.71. The van der Waals surface area contributed by atoms with Crippen LogP contribution in [0.25, 0.3) is 0 Å². The number of rotatable bonds is 6. The summed E-state index contributed by atoms with van der Waals surface area (Å²) < 4.78 is 0. The molecular formula is C12H16N2O3. The third kappa shape index (κ3) is 3.88. The summed E-state index contributed by atoms with van der Waals surface area (Å²) in [6.07, 6.45) is 0.529. The number of phenolic OH excluding ortho intramolecular Hbond substituents is 1. The third-order valence-electron chi connectivity index (χ3n) is 2.50. The van der Waals surface area contributed by atoms with Gasteiger partial charge in [-0.3, -0.25) is 9.59 Å². The van der Waals surface area contributed by atoms with Crippen LogP contribution in [0.2, 0.25) is 0 Å². The zero-order chi connectivity index (χ0) is 12.8. The van der Waals surface area contributed by atoms with Crippen molar-refractivity contribution in [2.24, 2.45) is 5.73 Å². The van der Waals surface area contributed by atoms with Crippen LogP contribution < -0.4 is 11.1 Å². The maximum Gasteiger partial charge on any atom is 0.217 e. The minimum absolute atomic E-state index is 0.111. The molecule has 1 atom stereocenters. The highest BCUT2D eigenvalue weighted by Crippen LogP contribution is 2.13. The molecule has 1 aromatic rings. The molecule has 0 bridgehead atoms. The molecule has 1 rings (SSSR count). The molecule has 0 radical (unpaired) electrons. The number of nitrogens with two attached hydrogens (primary N) is 1. The molecule has 0 saturated carbocycles. The van der Waals surface area contributed by atoms with Crippen LogP contribution in [0.3, 0.4) is 0 Å². The van der Waals surface area contributed by atoms with E-state index >= 15 is 0 Å². The van der Waals surface area contributed by atoms with Crippen molar-refractivity contribution in [3.05, 3.63) is 29.8 Å². The maximum atomic E-state index is 12.0. The number of nitrogens with one attached hydrogen (secondary N) is 1. The van der Waals surface area contributed by atoms with Gasteiger partial charge in [-0.2, -0.15) is 0 Å². The van der Waals surface area contributed by atoms with Crippen molar-refractivity contribution in [3.8, 4) is 5.75 Å². The lowest BCUT2D eigenvalue weighted by Crippen LogP contribution is -2.35. The Morgan fingerprint density at radius 1 is 1.35 bits per heavy atom. The molecule has 0 heterocycles. The van der Waals surface area contributed by atoms with E-state index in [1.54, 1.807) is 19.2 Å². The van der Waals surface area contributed by atoms with E-state index in [9.17, 15) is 9.59 Å². The minimum atomic E-state index is -0.438. The smallest absolute Gasteiger partial charge is 0.217 e. The normalized spacial score (nSPS) is 12.1. The fourth-order valence-corrected chi connectivity index (χ4v) is 1.52. The molecule has 0 aliphatic carbocycles. The van der Waals surface area contributed by atoms with Crippen molar-refractivity contribution in [1.29, 1.82) is 0 Å². The van der Waals surface area contributed by atoms with Crippen LogP contribution in [0, 0.1) is 0 Å². The van der Waals surface area contributed by atoms with Gasteiger partial charge in [0.25, 0.3) is 0 Å². The van der Waals surface area contributed by atoms with Gasteiger partial charge in [0.05, 0.1) is 6.04 Å². The van der Waals surface area contributed by atoms with Gasteiger partial charge in [0.2, 0.25) is 5.91 Å². The van der Waals surface area contributed by atoms with Crippen molar-refractivity contribution in [2.75, 3.05) is 7.05 Å². The second-order valence-corrected chi connectivity index (χ2v) is 3.76. The molecule has 5 nitrogen and oxygen atoms in total. The Morgan fingerprint density at radius 3 is 2.41 bits per heavy atom. The number of primary amides is 1. The molecule has 17 heavy (non-hydrogen) atoms. The molecule has 92 valence electrons. The first-order chi connectivity index (χ1) is 8.04.